The number of rotatable bonds is 9. The quantitative estimate of drug-likeness (QED) is 0.181. The first-order chi connectivity index (χ1) is 19.9. The summed E-state index contributed by atoms with van der Waals surface area (Å²) in [5.74, 6) is -0.0705. The van der Waals surface area contributed by atoms with Crippen LogP contribution in [-0.2, 0) is 11.2 Å². The molecule has 10 heteroatoms. The number of allylic oxidation sites excluding steroid dienone is 1. The Morgan fingerprint density at radius 3 is 2.49 bits per heavy atom. The molecule has 0 fully saturated rings. The molecule has 0 atom stereocenters. The van der Waals surface area contributed by atoms with Gasteiger partial charge < -0.3 is 25.8 Å². The number of anilines is 4. The maximum atomic E-state index is 12.7. The minimum absolute atomic E-state index is 0.224. The molecule has 4 N–H and O–H groups in total. The molecule has 1 aliphatic carbocycles. The summed E-state index contributed by atoms with van der Waals surface area (Å²) in [5.41, 5.74) is 6.35. The number of carbonyl (C=O) groups excluding carboxylic acids is 2. The van der Waals surface area contributed by atoms with Gasteiger partial charge in [0.25, 0.3) is 5.91 Å². The Bertz CT molecular complexity index is 1610. The van der Waals surface area contributed by atoms with Crippen molar-refractivity contribution in [2.75, 3.05) is 36.6 Å². The van der Waals surface area contributed by atoms with E-state index in [0.717, 1.165) is 29.7 Å². The van der Waals surface area contributed by atoms with Crippen LogP contribution in [0.2, 0.25) is 5.02 Å². The molecule has 0 radical (unpaired) electrons. The Morgan fingerprint density at radius 1 is 1.02 bits per heavy atom. The lowest BCUT2D eigenvalue weighted by atomic mass is 10.0. The van der Waals surface area contributed by atoms with E-state index in [9.17, 15) is 9.59 Å². The van der Waals surface area contributed by atoms with Crippen LogP contribution < -0.4 is 16.0 Å². The Hall–Kier alpha value is -4.73. The summed E-state index contributed by atoms with van der Waals surface area (Å²) in [6.07, 6.45) is 13.0. The molecule has 0 aliphatic heterocycles. The molecule has 2 heterocycles. The van der Waals surface area contributed by atoms with Crippen LogP contribution in [0.15, 0.2) is 79.2 Å². The summed E-state index contributed by atoms with van der Waals surface area (Å²) in [6.45, 7) is 0.674. The number of amides is 2. The zero-order valence-electron chi connectivity index (χ0n) is 22.7. The van der Waals surface area contributed by atoms with Crippen LogP contribution in [0.5, 0.6) is 0 Å². The summed E-state index contributed by atoms with van der Waals surface area (Å²) >= 11 is 6.46. The van der Waals surface area contributed by atoms with E-state index in [0.29, 0.717) is 40.1 Å². The highest BCUT2D eigenvalue weighted by molar-refractivity contribution is 6.33. The van der Waals surface area contributed by atoms with Crippen molar-refractivity contribution in [1.82, 2.24) is 19.9 Å². The first-order valence-corrected chi connectivity index (χ1v) is 13.5. The zero-order chi connectivity index (χ0) is 28.8. The molecule has 0 saturated heterocycles. The van der Waals surface area contributed by atoms with Crippen molar-refractivity contribution in [3.8, 4) is 11.3 Å². The number of carbonyl (C=O) groups is 2. The molecule has 2 aromatic heterocycles. The second-order valence-corrected chi connectivity index (χ2v) is 10.2. The fourth-order valence-corrected chi connectivity index (χ4v) is 4.54. The van der Waals surface area contributed by atoms with Gasteiger partial charge in [0.2, 0.25) is 11.9 Å². The van der Waals surface area contributed by atoms with Crippen molar-refractivity contribution < 1.29 is 9.59 Å². The van der Waals surface area contributed by atoms with Gasteiger partial charge in [-0.15, -0.1) is 0 Å². The van der Waals surface area contributed by atoms with Crippen molar-refractivity contribution >= 4 is 52.5 Å². The number of aryl methyl sites for hydroxylation is 1. The molecule has 0 bridgehead atoms. The van der Waals surface area contributed by atoms with Gasteiger partial charge in [-0.2, -0.15) is 0 Å². The average molecular weight is 568 g/mol. The van der Waals surface area contributed by atoms with Gasteiger partial charge in [0.1, 0.15) is 0 Å². The zero-order valence-corrected chi connectivity index (χ0v) is 23.5. The van der Waals surface area contributed by atoms with Crippen LogP contribution >= 0.6 is 11.6 Å². The fraction of sp³-hybridized carbons (Fsp3) is 0.161. The lowest BCUT2D eigenvalue weighted by molar-refractivity contribution is -0.111. The van der Waals surface area contributed by atoms with E-state index in [1.807, 2.05) is 37.3 Å². The monoisotopic (exact) mass is 567 g/mol. The van der Waals surface area contributed by atoms with Gasteiger partial charge in [-0.1, -0.05) is 29.8 Å². The second-order valence-electron chi connectivity index (χ2n) is 9.81. The first-order valence-electron chi connectivity index (χ1n) is 13.2. The minimum atomic E-state index is -0.260. The van der Waals surface area contributed by atoms with Gasteiger partial charge in [-0.05, 0) is 75.5 Å². The average Bonchev–Trinajstić information content (AvgIpc) is 3.39. The number of aromatic nitrogens is 3. The third kappa shape index (κ3) is 7.08. The number of nitrogens with one attached hydrogen (secondary N) is 4. The number of nitrogens with zero attached hydrogens (tertiary/aromatic N) is 3. The molecule has 1 aliphatic rings. The number of aromatic amines is 1. The van der Waals surface area contributed by atoms with E-state index in [1.54, 1.807) is 48.7 Å². The topological polar surface area (TPSA) is 115 Å². The Morgan fingerprint density at radius 2 is 1.73 bits per heavy atom. The minimum Gasteiger partial charge on any atom is -0.364 e. The Balaban J connectivity index is 1.19. The second kappa shape index (κ2) is 12.6. The molecular weight excluding hydrogens is 538 g/mol. The van der Waals surface area contributed by atoms with Gasteiger partial charge in [0, 0.05) is 58.3 Å². The van der Waals surface area contributed by atoms with Crippen molar-refractivity contribution in [2.24, 2.45) is 0 Å². The summed E-state index contributed by atoms with van der Waals surface area (Å²) in [6, 6.07) is 14.0. The number of hydrogen-bond acceptors (Lipinski definition) is 6. The first kappa shape index (κ1) is 27.8. The van der Waals surface area contributed by atoms with Crippen LogP contribution in [0.1, 0.15) is 28.0 Å². The van der Waals surface area contributed by atoms with E-state index >= 15 is 0 Å². The summed E-state index contributed by atoms with van der Waals surface area (Å²) in [7, 11) is 3.86. The fourth-order valence-electron chi connectivity index (χ4n) is 4.34. The van der Waals surface area contributed by atoms with Crippen LogP contribution in [0.3, 0.4) is 0 Å². The number of likely N-dealkylation sites (N-methyl/N-ethyl adjacent to an activating group) is 1. The third-order valence-electron chi connectivity index (χ3n) is 6.40. The largest absolute Gasteiger partial charge is 0.364 e. The van der Waals surface area contributed by atoms with E-state index < -0.39 is 0 Å². The van der Waals surface area contributed by atoms with Gasteiger partial charge >= 0.3 is 0 Å². The Labute approximate surface area is 243 Å². The van der Waals surface area contributed by atoms with Crippen molar-refractivity contribution in [3.63, 3.8) is 0 Å². The molecule has 5 rings (SSSR count). The standard InChI is InChI=1S/C31H30ClN7O2/c1-39(2)17-5-8-28(40)35-21-11-9-20(10-12-21)30(41)36-22-13-15-23(16-14-22)37-31-34-19-26(32)29(38-31)25-18-33-27-7-4-3-6-24(25)27/h3,5-6,8-16,18-19,33H,4,7,17H2,1-2H3,(H,35,40)(H,36,41)(H,34,37,38). The van der Waals surface area contributed by atoms with Gasteiger partial charge in [-0.3, -0.25) is 9.59 Å². The lowest BCUT2D eigenvalue weighted by Crippen LogP contribution is -2.13. The Kier molecular flexibility index (Phi) is 8.57. The lowest BCUT2D eigenvalue weighted by Gasteiger charge is -2.11. The molecule has 0 unspecified atom stereocenters. The van der Waals surface area contributed by atoms with Crippen LogP contribution in [-0.4, -0.2) is 52.3 Å². The summed E-state index contributed by atoms with van der Waals surface area (Å²) < 4.78 is 0. The molecule has 0 spiro atoms. The van der Waals surface area contributed by atoms with Crippen LogP contribution in [0, 0.1) is 0 Å². The predicted octanol–water partition coefficient (Wildman–Crippen LogP) is 6.14. The van der Waals surface area contributed by atoms with Crippen molar-refractivity contribution in [2.45, 2.75) is 12.8 Å². The smallest absolute Gasteiger partial charge is 0.255 e. The molecular formula is C31H30ClN7O2. The van der Waals surface area contributed by atoms with E-state index in [2.05, 4.69) is 43.1 Å². The predicted molar refractivity (Wildman–Crippen MR) is 165 cm³/mol. The van der Waals surface area contributed by atoms with Crippen molar-refractivity contribution in [1.29, 1.82) is 0 Å². The molecule has 0 saturated carbocycles. The number of benzene rings is 2. The normalized spacial score (nSPS) is 12.4. The molecule has 9 nitrogen and oxygen atoms in total. The number of H-pyrrole nitrogens is 1. The maximum absolute atomic E-state index is 12.7. The van der Waals surface area contributed by atoms with E-state index in [1.165, 1.54) is 11.8 Å². The molecule has 41 heavy (non-hydrogen) atoms. The number of fused-ring (bicyclic) bond motifs is 1. The number of hydrogen-bond donors (Lipinski definition) is 4. The molecule has 2 aromatic carbocycles. The molecule has 208 valence electrons. The van der Waals surface area contributed by atoms with Gasteiger partial charge in [0.15, 0.2) is 0 Å². The molecule has 4 aromatic rings. The molecule has 2 amide bonds. The maximum Gasteiger partial charge on any atom is 0.255 e. The highest BCUT2D eigenvalue weighted by Gasteiger charge is 2.17. The van der Waals surface area contributed by atoms with Crippen molar-refractivity contribution in [3.05, 3.63) is 101 Å². The van der Waals surface area contributed by atoms with Gasteiger partial charge in [0.05, 0.1) is 16.9 Å². The van der Waals surface area contributed by atoms with Crippen LogP contribution in [0.4, 0.5) is 23.0 Å². The highest BCUT2D eigenvalue weighted by Crippen LogP contribution is 2.34. The SMILES string of the molecule is CN(C)CC=CC(=O)Nc1ccc(C(=O)Nc2ccc(Nc3ncc(Cl)c(-c4c[nH]c5c4C=CCC5)n3)cc2)cc1. The van der Waals surface area contributed by atoms with E-state index in [-0.39, 0.29) is 11.8 Å². The van der Waals surface area contributed by atoms with Crippen LogP contribution in [0.25, 0.3) is 17.3 Å². The summed E-state index contributed by atoms with van der Waals surface area (Å²) in [4.78, 5) is 39.0. The summed E-state index contributed by atoms with van der Waals surface area (Å²) in [5, 5.41) is 9.34. The number of halogens is 1. The van der Waals surface area contributed by atoms with E-state index in [4.69, 9.17) is 11.6 Å². The third-order valence-corrected chi connectivity index (χ3v) is 6.68. The van der Waals surface area contributed by atoms with Gasteiger partial charge in [-0.25, -0.2) is 9.97 Å². The highest BCUT2D eigenvalue weighted by atomic mass is 35.5.